The van der Waals surface area contributed by atoms with Gasteiger partial charge in [0.1, 0.15) is 0 Å². The van der Waals surface area contributed by atoms with Crippen molar-refractivity contribution >= 4 is 54.4 Å². The van der Waals surface area contributed by atoms with Gasteiger partial charge in [0.2, 0.25) is 0 Å². The molecule has 0 amide bonds. The van der Waals surface area contributed by atoms with Gasteiger partial charge in [0.15, 0.2) is 21.1 Å². The molecular formula is C29H26N2O11S2. The average molecular weight is 643 g/mol. The van der Waals surface area contributed by atoms with E-state index < -0.39 is 64.4 Å². The maximum atomic E-state index is 13.2. The fourth-order valence-electron chi connectivity index (χ4n) is 5.67. The van der Waals surface area contributed by atoms with E-state index in [4.69, 9.17) is 4.42 Å². The van der Waals surface area contributed by atoms with Gasteiger partial charge in [0.25, 0.3) is 20.2 Å². The third-order valence-electron chi connectivity index (χ3n) is 7.76. The molecule has 230 valence electrons. The summed E-state index contributed by atoms with van der Waals surface area (Å²) in [6.45, 7) is 5.32. The van der Waals surface area contributed by atoms with Gasteiger partial charge < -0.3 is 19.5 Å². The smallest absolute Gasteiger partial charge is 0.336 e. The van der Waals surface area contributed by atoms with E-state index in [1.54, 1.807) is 32.7 Å². The molecule has 0 aromatic heterocycles. The van der Waals surface area contributed by atoms with Crippen molar-refractivity contribution in [3.8, 4) is 22.5 Å². The molecule has 0 fully saturated rings. The molecule has 0 bridgehead atoms. The maximum absolute atomic E-state index is 13.2. The van der Waals surface area contributed by atoms with Crippen molar-refractivity contribution in [2.75, 3.05) is 19.0 Å². The van der Waals surface area contributed by atoms with Gasteiger partial charge in [-0.2, -0.15) is 16.8 Å². The van der Waals surface area contributed by atoms with Crippen LogP contribution in [0.2, 0.25) is 0 Å². The Balaban J connectivity index is 2.19. The number of benzene rings is 3. The van der Waals surface area contributed by atoms with Crippen molar-refractivity contribution in [3.05, 3.63) is 64.5 Å². The van der Waals surface area contributed by atoms with Crippen LogP contribution in [0.3, 0.4) is 0 Å². The number of allylic oxidation sites excluding steroid dienone is 1. The highest BCUT2D eigenvalue weighted by Gasteiger charge is 2.38. The Hall–Kier alpha value is -4.57. The summed E-state index contributed by atoms with van der Waals surface area (Å²) in [5.41, 5.74) is -1.43. The second kappa shape index (κ2) is 9.99. The lowest BCUT2D eigenvalue weighted by Crippen LogP contribution is -2.42. The van der Waals surface area contributed by atoms with Crippen LogP contribution in [-0.2, 0) is 20.2 Å². The topological polar surface area (TPSA) is 212 Å². The van der Waals surface area contributed by atoms with E-state index in [9.17, 15) is 45.7 Å². The van der Waals surface area contributed by atoms with Crippen molar-refractivity contribution in [1.29, 1.82) is 0 Å². The number of carboxylic acid groups (broad SMARTS) is 2. The van der Waals surface area contributed by atoms with E-state index in [1.165, 1.54) is 31.3 Å². The normalized spacial score (nSPS) is 15.4. The minimum atomic E-state index is -5.15. The Kier molecular flexibility index (Phi) is 7.01. The summed E-state index contributed by atoms with van der Waals surface area (Å²) in [4.78, 5) is 28.1. The van der Waals surface area contributed by atoms with Crippen LogP contribution >= 0.6 is 0 Å². The number of carboxylic acids is 2. The largest absolute Gasteiger partial charge is 0.478 e. The molecule has 0 spiro atoms. The van der Waals surface area contributed by atoms with E-state index >= 15 is 0 Å². The third-order valence-corrected chi connectivity index (χ3v) is 9.57. The van der Waals surface area contributed by atoms with Crippen LogP contribution in [0, 0.1) is 0 Å². The number of anilines is 1. The zero-order valence-corrected chi connectivity index (χ0v) is 25.5. The maximum Gasteiger partial charge on any atom is 0.336 e. The number of nitrogens with zero attached hydrogens (tertiary/aromatic N) is 2. The van der Waals surface area contributed by atoms with Gasteiger partial charge in [-0.05, 0) is 62.2 Å². The molecule has 0 radical (unpaired) electrons. The lowest BCUT2D eigenvalue weighted by atomic mass is 9.85. The van der Waals surface area contributed by atoms with Gasteiger partial charge in [0, 0.05) is 36.2 Å². The lowest BCUT2D eigenvalue weighted by Gasteiger charge is -2.41. The summed E-state index contributed by atoms with van der Waals surface area (Å²) in [5, 5.41) is 19.4. The van der Waals surface area contributed by atoms with Crippen LogP contribution in [0.1, 0.15) is 47.1 Å². The standard InChI is InChI=1S/C29H26N2O11S2/c1-13-12-29(2,3)31(5)22-17(13)11-19-21(15-7-6-14(27(32)33)10-18(15)28(34)35)16-8-9-20(30-4)25(43(36,37)38)23(16)42-24(19)26(22)44(39,40)41/h6-12H,1-5H3,(H,32,33)(H,34,35)(H,36,37,38)(H,39,40,41). The van der Waals surface area contributed by atoms with Gasteiger partial charge in [0.05, 0.1) is 27.7 Å². The minimum absolute atomic E-state index is 0.0310. The number of aromatic carboxylic acids is 2. The zero-order valence-electron chi connectivity index (χ0n) is 23.9. The number of hydrogen-bond donors (Lipinski definition) is 4. The first-order chi connectivity index (χ1) is 20.3. The molecule has 44 heavy (non-hydrogen) atoms. The Morgan fingerprint density at radius 1 is 0.886 bits per heavy atom. The van der Waals surface area contributed by atoms with Crippen molar-refractivity contribution in [1.82, 2.24) is 0 Å². The van der Waals surface area contributed by atoms with Crippen LogP contribution in [0.5, 0.6) is 0 Å². The summed E-state index contributed by atoms with van der Waals surface area (Å²) in [6.07, 6.45) is 1.86. The number of fused-ring (bicyclic) bond motifs is 3. The molecule has 4 N–H and O–H groups in total. The minimum Gasteiger partial charge on any atom is -0.478 e. The molecule has 3 aliphatic rings. The number of rotatable bonds is 5. The Labute approximate surface area is 251 Å². The summed E-state index contributed by atoms with van der Waals surface area (Å²) < 4.78 is 78.6. The molecule has 2 aromatic carbocycles. The van der Waals surface area contributed by atoms with Gasteiger partial charge >= 0.3 is 11.9 Å². The highest BCUT2D eigenvalue weighted by molar-refractivity contribution is 7.86. The van der Waals surface area contributed by atoms with E-state index in [1.807, 2.05) is 6.08 Å². The highest BCUT2D eigenvalue weighted by atomic mass is 32.2. The van der Waals surface area contributed by atoms with E-state index in [0.717, 1.165) is 12.1 Å². The van der Waals surface area contributed by atoms with Crippen LogP contribution in [0.4, 0.5) is 5.69 Å². The Bertz CT molecular complexity index is 2250. The van der Waals surface area contributed by atoms with Gasteiger partial charge in [-0.1, -0.05) is 12.1 Å². The molecule has 15 heteroatoms. The molecule has 2 heterocycles. The molecule has 0 saturated carbocycles. The zero-order chi connectivity index (χ0) is 32.7. The van der Waals surface area contributed by atoms with Crippen LogP contribution in [0.25, 0.3) is 39.0 Å². The molecule has 13 nitrogen and oxygen atoms in total. The van der Waals surface area contributed by atoms with Crippen molar-refractivity contribution < 1.29 is 50.2 Å². The van der Waals surface area contributed by atoms with E-state index in [-0.39, 0.29) is 38.7 Å². The number of carbonyl (C=O) groups is 2. The summed E-state index contributed by atoms with van der Waals surface area (Å²) in [5.74, 6) is -3.52. The van der Waals surface area contributed by atoms with Crippen molar-refractivity contribution in [2.45, 2.75) is 36.1 Å². The van der Waals surface area contributed by atoms with Gasteiger partial charge in [-0.3, -0.25) is 14.1 Å². The van der Waals surface area contributed by atoms with Crippen LogP contribution < -0.4 is 10.3 Å². The monoisotopic (exact) mass is 642 g/mol. The predicted molar refractivity (Wildman–Crippen MR) is 159 cm³/mol. The first kappa shape index (κ1) is 30.9. The molecule has 1 aliphatic carbocycles. The molecule has 0 saturated heterocycles. The van der Waals surface area contributed by atoms with Crippen LogP contribution in [0.15, 0.2) is 61.7 Å². The van der Waals surface area contributed by atoms with Crippen molar-refractivity contribution in [3.63, 3.8) is 0 Å². The van der Waals surface area contributed by atoms with Gasteiger partial charge in [-0.25, -0.2) is 9.59 Å². The summed E-state index contributed by atoms with van der Waals surface area (Å²) in [7, 11) is -7.41. The second-order valence-corrected chi connectivity index (χ2v) is 13.5. The fraction of sp³-hybridized carbons (Fsp3) is 0.207. The molecule has 0 atom stereocenters. The molecule has 5 rings (SSSR count). The summed E-state index contributed by atoms with van der Waals surface area (Å²) in [6, 6.07) is 7.35. The van der Waals surface area contributed by atoms with Gasteiger partial charge in [-0.15, -0.1) is 0 Å². The number of likely N-dealkylation sites (N-methyl/N-ethyl adjacent to an activating group) is 1. The quantitative estimate of drug-likeness (QED) is 0.178. The third kappa shape index (κ3) is 4.73. The first-order valence-electron chi connectivity index (χ1n) is 12.8. The second-order valence-electron chi connectivity index (χ2n) is 10.8. The Morgan fingerprint density at radius 2 is 1.50 bits per heavy atom. The van der Waals surface area contributed by atoms with Crippen LogP contribution in [-0.4, -0.2) is 67.7 Å². The first-order valence-corrected chi connectivity index (χ1v) is 15.7. The molecule has 2 aliphatic heterocycles. The fourth-order valence-corrected chi connectivity index (χ4v) is 7.35. The van der Waals surface area contributed by atoms with E-state index in [2.05, 4.69) is 4.99 Å². The van der Waals surface area contributed by atoms with Crippen molar-refractivity contribution in [2.24, 2.45) is 4.99 Å². The lowest BCUT2D eigenvalue weighted by molar-refractivity contribution is 0.0696. The predicted octanol–water partition coefficient (Wildman–Crippen LogP) is 4.26. The SMILES string of the molecule is CN=c1ccc2c(-c3ccc(C(=O)O)cc3C(=O)O)c3cc4c(c(S(=O)(=O)O)c3oc-2c1S(=O)(=O)O)N(C)C(C)(C)C=C4C. The highest BCUT2D eigenvalue weighted by Crippen LogP contribution is 2.50. The Morgan fingerprint density at radius 3 is 2.05 bits per heavy atom. The number of hydrogen-bond acceptors (Lipinski definition) is 9. The molecule has 2 aromatic rings. The summed E-state index contributed by atoms with van der Waals surface area (Å²) >= 11 is 0. The average Bonchev–Trinajstić information content (AvgIpc) is 2.91. The molecular weight excluding hydrogens is 616 g/mol. The van der Waals surface area contributed by atoms with E-state index in [0.29, 0.717) is 11.1 Å². The molecule has 0 unspecified atom stereocenters.